The third-order valence-corrected chi connectivity index (χ3v) is 4.35. The second-order valence-corrected chi connectivity index (χ2v) is 6.34. The molecule has 0 aliphatic carbocycles. The minimum atomic E-state index is -0.262. The number of nitrogens with zero attached hydrogens (tertiary/aromatic N) is 1. The minimum absolute atomic E-state index is 0.225. The van der Waals surface area contributed by atoms with Crippen molar-refractivity contribution in [3.8, 4) is 0 Å². The fourth-order valence-corrected chi connectivity index (χ4v) is 2.73. The van der Waals surface area contributed by atoms with Crippen molar-refractivity contribution in [2.45, 2.75) is 19.9 Å². The first-order chi connectivity index (χ1) is 13.1. The molecule has 0 atom stereocenters. The molecule has 1 aromatic heterocycles. The van der Waals surface area contributed by atoms with Crippen molar-refractivity contribution in [1.29, 1.82) is 0 Å². The normalized spacial score (nSPS) is 10.4. The number of carbonyl (C=O) groups excluding carboxylic acids is 1. The summed E-state index contributed by atoms with van der Waals surface area (Å²) in [5.74, 6) is -0.487. The van der Waals surface area contributed by atoms with Crippen molar-refractivity contribution < 1.29 is 9.18 Å². The van der Waals surface area contributed by atoms with Gasteiger partial charge in [-0.3, -0.25) is 9.78 Å². The molecule has 0 spiro atoms. The van der Waals surface area contributed by atoms with Gasteiger partial charge in [0, 0.05) is 25.0 Å². The molecule has 1 amide bonds. The van der Waals surface area contributed by atoms with Crippen molar-refractivity contribution in [3.05, 3.63) is 95.1 Å². The summed E-state index contributed by atoms with van der Waals surface area (Å²) < 4.78 is 12.9. The predicted octanol–water partition coefficient (Wildman–Crippen LogP) is 4.11. The molecule has 0 saturated heterocycles. The van der Waals surface area contributed by atoms with Gasteiger partial charge in [0.1, 0.15) is 11.5 Å². The highest BCUT2D eigenvalue weighted by Gasteiger charge is 2.08. The molecule has 3 aromatic rings. The van der Waals surface area contributed by atoms with Gasteiger partial charge in [-0.25, -0.2) is 4.39 Å². The Morgan fingerprint density at radius 1 is 1.07 bits per heavy atom. The molecule has 27 heavy (non-hydrogen) atoms. The number of benzene rings is 2. The van der Waals surface area contributed by atoms with Gasteiger partial charge in [0.25, 0.3) is 5.91 Å². The van der Waals surface area contributed by atoms with Gasteiger partial charge < -0.3 is 10.6 Å². The van der Waals surface area contributed by atoms with Crippen LogP contribution in [-0.2, 0) is 13.0 Å². The van der Waals surface area contributed by atoms with Crippen LogP contribution >= 0.6 is 0 Å². The lowest BCUT2D eigenvalue weighted by Gasteiger charge is -2.10. The van der Waals surface area contributed by atoms with Crippen molar-refractivity contribution in [1.82, 2.24) is 10.3 Å². The zero-order chi connectivity index (χ0) is 19.1. The Hall–Kier alpha value is -3.21. The molecular formula is C22H22FN3O. The van der Waals surface area contributed by atoms with E-state index in [4.69, 9.17) is 0 Å². The number of halogens is 1. The molecule has 2 N–H and O–H groups in total. The fourth-order valence-electron chi connectivity index (χ4n) is 2.73. The van der Waals surface area contributed by atoms with Crippen LogP contribution in [0.3, 0.4) is 0 Å². The molecule has 0 radical (unpaired) electrons. The van der Waals surface area contributed by atoms with Crippen molar-refractivity contribution in [3.63, 3.8) is 0 Å². The Kier molecular flexibility index (Phi) is 6.15. The highest BCUT2D eigenvalue weighted by atomic mass is 19.1. The molecule has 3 rings (SSSR count). The lowest BCUT2D eigenvalue weighted by atomic mass is 10.1. The van der Waals surface area contributed by atoms with Crippen LogP contribution in [0.5, 0.6) is 0 Å². The summed E-state index contributed by atoms with van der Waals surface area (Å²) in [6.45, 7) is 3.22. The maximum Gasteiger partial charge on any atom is 0.269 e. The molecular weight excluding hydrogens is 341 g/mol. The van der Waals surface area contributed by atoms with E-state index in [0.29, 0.717) is 25.2 Å². The molecule has 0 saturated carbocycles. The Morgan fingerprint density at radius 3 is 2.63 bits per heavy atom. The van der Waals surface area contributed by atoms with E-state index in [2.05, 4.69) is 34.7 Å². The number of aromatic nitrogens is 1. The number of nitrogens with one attached hydrogen (secondary N) is 2. The quantitative estimate of drug-likeness (QED) is 0.664. The van der Waals surface area contributed by atoms with Gasteiger partial charge in [0.05, 0.1) is 0 Å². The number of hydrogen-bond acceptors (Lipinski definition) is 3. The zero-order valence-electron chi connectivity index (χ0n) is 15.2. The smallest absolute Gasteiger partial charge is 0.269 e. The molecule has 0 aliphatic heterocycles. The first kappa shape index (κ1) is 18.6. The second-order valence-electron chi connectivity index (χ2n) is 6.34. The molecule has 0 bridgehead atoms. The van der Waals surface area contributed by atoms with Gasteiger partial charge in [-0.05, 0) is 54.3 Å². The number of rotatable bonds is 7. The van der Waals surface area contributed by atoms with E-state index in [1.54, 1.807) is 24.4 Å². The summed E-state index contributed by atoms with van der Waals surface area (Å²) in [4.78, 5) is 16.5. The average Bonchev–Trinajstić information content (AvgIpc) is 2.69. The van der Waals surface area contributed by atoms with E-state index in [9.17, 15) is 9.18 Å². The Morgan fingerprint density at radius 2 is 1.85 bits per heavy atom. The van der Waals surface area contributed by atoms with Crippen LogP contribution in [0.2, 0.25) is 0 Å². The summed E-state index contributed by atoms with van der Waals surface area (Å²) in [5, 5.41) is 6.18. The van der Waals surface area contributed by atoms with E-state index in [-0.39, 0.29) is 11.7 Å². The Bertz CT molecular complexity index is 909. The minimum Gasteiger partial charge on any atom is -0.381 e. The molecule has 1 heterocycles. The number of carbonyl (C=O) groups is 1. The van der Waals surface area contributed by atoms with Crippen molar-refractivity contribution >= 4 is 11.6 Å². The van der Waals surface area contributed by atoms with Gasteiger partial charge in [0.15, 0.2) is 0 Å². The highest BCUT2D eigenvalue weighted by molar-refractivity contribution is 5.93. The zero-order valence-corrected chi connectivity index (χ0v) is 15.2. The van der Waals surface area contributed by atoms with Gasteiger partial charge in [-0.15, -0.1) is 0 Å². The topological polar surface area (TPSA) is 54.0 Å². The standard InChI is InChI=1S/C22H22FN3O/c1-16-4-2-3-5-18(16)15-26-20-11-13-24-21(14-20)22(27)25-12-10-17-6-8-19(23)9-7-17/h2-9,11,13-14H,10,12,15H2,1H3,(H,24,26)(H,25,27). The summed E-state index contributed by atoms with van der Waals surface area (Å²) in [6.07, 6.45) is 2.26. The third-order valence-electron chi connectivity index (χ3n) is 4.35. The fraction of sp³-hybridized carbons (Fsp3) is 0.182. The van der Waals surface area contributed by atoms with Crippen LogP contribution in [0, 0.1) is 12.7 Å². The lowest BCUT2D eigenvalue weighted by Crippen LogP contribution is -2.26. The largest absolute Gasteiger partial charge is 0.381 e. The average molecular weight is 363 g/mol. The number of hydrogen-bond donors (Lipinski definition) is 2. The van der Waals surface area contributed by atoms with E-state index in [1.807, 2.05) is 18.2 Å². The van der Waals surface area contributed by atoms with Crippen LogP contribution in [0.1, 0.15) is 27.2 Å². The summed E-state index contributed by atoms with van der Waals surface area (Å²) in [6, 6.07) is 18.0. The summed E-state index contributed by atoms with van der Waals surface area (Å²) >= 11 is 0. The monoisotopic (exact) mass is 363 g/mol. The highest BCUT2D eigenvalue weighted by Crippen LogP contribution is 2.13. The van der Waals surface area contributed by atoms with Crippen molar-refractivity contribution in [2.24, 2.45) is 0 Å². The van der Waals surface area contributed by atoms with E-state index in [0.717, 1.165) is 11.3 Å². The van der Waals surface area contributed by atoms with E-state index in [1.165, 1.54) is 23.3 Å². The third kappa shape index (κ3) is 5.38. The second kappa shape index (κ2) is 8.94. The maximum absolute atomic E-state index is 12.9. The maximum atomic E-state index is 12.9. The Labute approximate surface area is 158 Å². The van der Waals surface area contributed by atoms with Gasteiger partial charge in [-0.2, -0.15) is 0 Å². The molecule has 0 aliphatic rings. The van der Waals surface area contributed by atoms with Crippen LogP contribution in [0.4, 0.5) is 10.1 Å². The number of anilines is 1. The van der Waals surface area contributed by atoms with Crippen molar-refractivity contribution in [2.75, 3.05) is 11.9 Å². The van der Waals surface area contributed by atoms with Gasteiger partial charge >= 0.3 is 0 Å². The van der Waals surface area contributed by atoms with Crippen LogP contribution in [-0.4, -0.2) is 17.4 Å². The molecule has 5 heteroatoms. The Balaban J connectivity index is 1.53. The number of amides is 1. The molecule has 4 nitrogen and oxygen atoms in total. The van der Waals surface area contributed by atoms with E-state index >= 15 is 0 Å². The first-order valence-electron chi connectivity index (χ1n) is 8.89. The van der Waals surface area contributed by atoms with Crippen LogP contribution in [0.25, 0.3) is 0 Å². The van der Waals surface area contributed by atoms with Crippen LogP contribution in [0.15, 0.2) is 66.9 Å². The van der Waals surface area contributed by atoms with Crippen LogP contribution < -0.4 is 10.6 Å². The summed E-state index contributed by atoms with van der Waals surface area (Å²) in [5.41, 5.74) is 4.61. The molecule has 2 aromatic carbocycles. The SMILES string of the molecule is Cc1ccccc1CNc1ccnc(C(=O)NCCc2ccc(F)cc2)c1. The molecule has 0 unspecified atom stereocenters. The summed E-state index contributed by atoms with van der Waals surface area (Å²) in [7, 11) is 0. The van der Waals surface area contributed by atoms with E-state index < -0.39 is 0 Å². The lowest BCUT2D eigenvalue weighted by molar-refractivity contribution is 0.0949. The first-order valence-corrected chi connectivity index (χ1v) is 8.89. The van der Waals surface area contributed by atoms with Gasteiger partial charge in [-0.1, -0.05) is 36.4 Å². The van der Waals surface area contributed by atoms with Gasteiger partial charge in [0.2, 0.25) is 0 Å². The number of aryl methyl sites for hydroxylation is 1. The molecule has 138 valence electrons. The molecule has 0 fully saturated rings. The predicted molar refractivity (Wildman–Crippen MR) is 105 cm³/mol. The number of pyridine rings is 1.